The summed E-state index contributed by atoms with van der Waals surface area (Å²) in [5, 5.41) is 0.764. The van der Waals surface area contributed by atoms with E-state index in [1.165, 1.54) is 0 Å². The van der Waals surface area contributed by atoms with Crippen LogP contribution in [0.1, 0.15) is 17.1 Å². The van der Waals surface area contributed by atoms with E-state index in [0.29, 0.717) is 11.7 Å². The van der Waals surface area contributed by atoms with Gasteiger partial charge in [-0.25, -0.2) is 19.9 Å². The van der Waals surface area contributed by atoms with E-state index < -0.39 is 0 Å². The minimum atomic E-state index is 0.296. The minimum Gasteiger partial charge on any atom is -0.368 e. The Kier molecular flexibility index (Phi) is 3.53. The fourth-order valence-corrected chi connectivity index (χ4v) is 2.24. The van der Waals surface area contributed by atoms with Crippen LogP contribution in [0.3, 0.4) is 0 Å². The van der Waals surface area contributed by atoms with Crippen LogP contribution in [-0.4, -0.2) is 19.9 Å². The molecule has 0 fully saturated rings. The summed E-state index contributed by atoms with van der Waals surface area (Å²) in [6.07, 6.45) is 1.65. The molecule has 2 aromatic heterocycles. The third-order valence-electron chi connectivity index (χ3n) is 2.04. The molecule has 0 aliphatic rings. The van der Waals surface area contributed by atoms with Crippen molar-refractivity contribution in [3.8, 4) is 0 Å². The first-order valence-electron chi connectivity index (χ1n) is 5.16. The first-order chi connectivity index (χ1) is 8.13. The van der Waals surface area contributed by atoms with Crippen LogP contribution in [0.25, 0.3) is 0 Å². The summed E-state index contributed by atoms with van der Waals surface area (Å²) in [7, 11) is 0. The van der Waals surface area contributed by atoms with Crippen LogP contribution in [0.2, 0.25) is 0 Å². The molecule has 0 atom stereocenters. The highest BCUT2D eigenvalue weighted by molar-refractivity contribution is 7.98. The zero-order chi connectivity index (χ0) is 12.3. The number of nitrogen functional groups attached to an aromatic ring is 1. The highest BCUT2D eigenvalue weighted by atomic mass is 32.2. The molecule has 2 N–H and O–H groups in total. The fourth-order valence-electron chi connectivity index (χ4n) is 1.39. The molecule has 0 aliphatic heterocycles. The number of anilines is 1. The van der Waals surface area contributed by atoms with E-state index in [2.05, 4.69) is 19.9 Å². The van der Waals surface area contributed by atoms with Gasteiger partial charge >= 0.3 is 0 Å². The van der Waals surface area contributed by atoms with E-state index in [9.17, 15) is 0 Å². The lowest BCUT2D eigenvalue weighted by Crippen LogP contribution is -1.98. The van der Waals surface area contributed by atoms with Crippen LogP contribution in [0, 0.1) is 13.8 Å². The summed E-state index contributed by atoms with van der Waals surface area (Å²) in [4.78, 5) is 16.7. The standard InChI is InChI=1S/C11H13N5S/c1-7-5-8(2)15-11(14-7)17-6-9-3-4-13-10(12)16-9/h3-5H,6H2,1-2H3,(H2,12,13,16). The largest absolute Gasteiger partial charge is 0.368 e. The summed E-state index contributed by atoms with van der Waals surface area (Å²) in [5.41, 5.74) is 8.34. The number of aromatic nitrogens is 4. The van der Waals surface area contributed by atoms with Crippen LogP contribution < -0.4 is 5.73 Å². The molecular formula is C11H13N5S. The molecule has 2 rings (SSSR count). The Morgan fingerprint density at radius 1 is 1.18 bits per heavy atom. The van der Waals surface area contributed by atoms with Gasteiger partial charge in [0.05, 0.1) is 5.69 Å². The van der Waals surface area contributed by atoms with Gasteiger partial charge in [0.25, 0.3) is 0 Å². The number of rotatable bonds is 3. The lowest BCUT2D eigenvalue weighted by Gasteiger charge is -2.03. The van der Waals surface area contributed by atoms with E-state index in [-0.39, 0.29) is 0 Å². The van der Waals surface area contributed by atoms with E-state index in [1.54, 1.807) is 18.0 Å². The maximum Gasteiger partial charge on any atom is 0.220 e. The third kappa shape index (κ3) is 3.39. The number of nitrogens with two attached hydrogens (primary N) is 1. The summed E-state index contributed by atoms with van der Waals surface area (Å²) >= 11 is 1.54. The van der Waals surface area contributed by atoms with Crippen molar-refractivity contribution in [2.45, 2.75) is 24.8 Å². The van der Waals surface area contributed by atoms with Gasteiger partial charge in [0.1, 0.15) is 0 Å². The number of hydrogen-bond donors (Lipinski definition) is 1. The van der Waals surface area contributed by atoms with Gasteiger partial charge in [-0.15, -0.1) is 0 Å². The SMILES string of the molecule is Cc1cc(C)nc(SCc2ccnc(N)n2)n1. The van der Waals surface area contributed by atoms with Crippen molar-refractivity contribution in [1.82, 2.24) is 19.9 Å². The van der Waals surface area contributed by atoms with Crippen LogP contribution in [0.5, 0.6) is 0 Å². The number of aryl methyl sites for hydroxylation is 2. The molecular weight excluding hydrogens is 234 g/mol. The maximum absolute atomic E-state index is 5.51. The highest BCUT2D eigenvalue weighted by Gasteiger charge is 2.02. The molecule has 6 heteroatoms. The lowest BCUT2D eigenvalue weighted by atomic mass is 10.4. The first-order valence-corrected chi connectivity index (χ1v) is 6.14. The Bertz CT molecular complexity index is 509. The summed E-state index contributed by atoms with van der Waals surface area (Å²) in [6, 6.07) is 3.79. The van der Waals surface area contributed by atoms with Gasteiger partial charge in [-0.2, -0.15) is 0 Å². The molecule has 0 spiro atoms. The second kappa shape index (κ2) is 5.09. The molecule has 88 valence electrons. The van der Waals surface area contributed by atoms with Gasteiger partial charge in [0.2, 0.25) is 5.95 Å². The molecule has 0 aromatic carbocycles. The fraction of sp³-hybridized carbons (Fsp3) is 0.273. The quantitative estimate of drug-likeness (QED) is 0.657. The average Bonchev–Trinajstić information content (AvgIpc) is 2.25. The highest BCUT2D eigenvalue weighted by Crippen LogP contribution is 2.18. The summed E-state index contributed by atoms with van der Waals surface area (Å²) in [5.74, 6) is 0.986. The Morgan fingerprint density at radius 3 is 2.53 bits per heavy atom. The normalized spacial score (nSPS) is 10.5. The smallest absolute Gasteiger partial charge is 0.220 e. The topological polar surface area (TPSA) is 77.6 Å². The summed E-state index contributed by atoms with van der Waals surface area (Å²) < 4.78 is 0. The lowest BCUT2D eigenvalue weighted by molar-refractivity contribution is 0.901. The Hall–Kier alpha value is -1.69. The van der Waals surface area contributed by atoms with Crippen molar-refractivity contribution >= 4 is 17.7 Å². The molecule has 5 nitrogen and oxygen atoms in total. The molecule has 0 saturated heterocycles. The maximum atomic E-state index is 5.51. The second-order valence-corrected chi connectivity index (χ2v) is 4.57. The Labute approximate surface area is 104 Å². The van der Waals surface area contributed by atoms with Crippen LogP contribution in [0.15, 0.2) is 23.5 Å². The Balaban J connectivity index is 2.07. The average molecular weight is 247 g/mol. The van der Waals surface area contributed by atoms with Gasteiger partial charge in [-0.05, 0) is 26.0 Å². The van der Waals surface area contributed by atoms with Crippen LogP contribution in [-0.2, 0) is 5.75 Å². The van der Waals surface area contributed by atoms with Crippen molar-refractivity contribution in [3.05, 3.63) is 35.4 Å². The van der Waals surface area contributed by atoms with Gasteiger partial charge < -0.3 is 5.73 Å². The van der Waals surface area contributed by atoms with E-state index in [0.717, 1.165) is 22.2 Å². The van der Waals surface area contributed by atoms with Crippen molar-refractivity contribution < 1.29 is 0 Å². The van der Waals surface area contributed by atoms with Crippen molar-refractivity contribution in [2.75, 3.05) is 5.73 Å². The van der Waals surface area contributed by atoms with E-state index >= 15 is 0 Å². The monoisotopic (exact) mass is 247 g/mol. The first kappa shape index (κ1) is 11.8. The minimum absolute atomic E-state index is 0.296. The molecule has 0 unspecified atom stereocenters. The van der Waals surface area contributed by atoms with Gasteiger partial charge in [-0.1, -0.05) is 11.8 Å². The number of thioether (sulfide) groups is 1. The molecule has 0 aliphatic carbocycles. The van der Waals surface area contributed by atoms with E-state index in [4.69, 9.17) is 5.73 Å². The van der Waals surface area contributed by atoms with Crippen molar-refractivity contribution in [2.24, 2.45) is 0 Å². The van der Waals surface area contributed by atoms with Crippen molar-refractivity contribution in [1.29, 1.82) is 0 Å². The summed E-state index contributed by atoms with van der Waals surface area (Å²) in [6.45, 7) is 3.92. The van der Waals surface area contributed by atoms with E-state index in [1.807, 2.05) is 26.0 Å². The molecule has 0 radical (unpaired) electrons. The van der Waals surface area contributed by atoms with Crippen LogP contribution >= 0.6 is 11.8 Å². The molecule has 0 saturated carbocycles. The molecule has 2 aromatic rings. The predicted octanol–water partition coefficient (Wildman–Crippen LogP) is 1.76. The molecule has 2 heterocycles. The van der Waals surface area contributed by atoms with Gasteiger partial charge in [0, 0.05) is 23.3 Å². The predicted molar refractivity (Wildman–Crippen MR) is 67.5 cm³/mol. The van der Waals surface area contributed by atoms with Crippen LogP contribution in [0.4, 0.5) is 5.95 Å². The zero-order valence-electron chi connectivity index (χ0n) is 9.71. The zero-order valence-corrected chi connectivity index (χ0v) is 10.5. The van der Waals surface area contributed by atoms with Crippen molar-refractivity contribution in [3.63, 3.8) is 0 Å². The van der Waals surface area contributed by atoms with Gasteiger partial charge in [0.15, 0.2) is 5.16 Å². The Morgan fingerprint density at radius 2 is 1.88 bits per heavy atom. The third-order valence-corrected chi connectivity index (χ3v) is 2.92. The molecule has 0 amide bonds. The molecule has 17 heavy (non-hydrogen) atoms. The second-order valence-electron chi connectivity index (χ2n) is 3.63. The van der Waals surface area contributed by atoms with Gasteiger partial charge in [-0.3, -0.25) is 0 Å². The number of nitrogens with zero attached hydrogens (tertiary/aromatic N) is 4. The molecule has 0 bridgehead atoms. The number of hydrogen-bond acceptors (Lipinski definition) is 6.